The van der Waals surface area contributed by atoms with Crippen LogP contribution in [0.5, 0.6) is 0 Å². The third-order valence-corrected chi connectivity index (χ3v) is 15.1. The third kappa shape index (κ3) is 5.81. The van der Waals surface area contributed by atoms with Gasteiger partial charge in [0.1, 0.15) is 11.6 Å². The second-order valence-corrected chi connectivity index (χ2v) is 18.9. The molecule has 0 amide bonds. The molecule has 0 aliphatic heterocycles. The summed E-state index contributed by atoms with van der Waals surface area (Å²) in [6.45, 7) is 2.26. The van der Waals surface area contributed by atoms with Crippen LogP contribution in [0, 0.1) is 11.3 Å². The molecule has 2 aliphatic carbocycles. The summed E-state index contributed by atoms with van der Waals surface area (Å²) in [5, 5.41) is 18.8. The van der Waals surface area contributed by atoms with Crippen LogP contribution in [0.4, 0.5) is 13.2 Å². The molecule has 0 spiro atoms. The van der Waals surface area contributed by atoms with E-state index in [1.54, 1.807) is 12.1 Å². The van der Waals surface area contributed by atoms with Crippen molar-refractivity contribution in [3.63, 3.8) is 0 Å². The first kappa shape index (κ1) is 41.2. The number of hydrogen-bond donors (Lipinski definition) is 0. The van der Waals surface area contributed by atoms with Gasteiger partial charge < -0.3 is 18.3 Å². The van der Waals surface area contributed by atoms with Gasteiger partial charge in [0.2, 0.25) is 0 Å². The molecule has 12 aromatic rings. The monoisotopic (exact) mass is 925 g/mol. The fraction of sp³-hybridized carbons (Fsp3) is 0.0952. The molecule has 340 valence electrons. The number of fused-ring (bicyclic) bond motifs is 12. The standard InChI is InChI=1S/C63H42F3N5/c1-38-17-16-32-56-57(38)47-24-8-15-31-55(47)71(56)62-58(39-33-35-40(36-34-39)63(64,65)66)61(70-53-29-13-6-22-45(53)46-23-7-14-30-54(46)70)59(68-49-25-9-2-18-41(49)42-19-3-10-26-50(42)68)48(37-67)60(62)69-51-27-11-4-20-43(51)44-21-5-12-28-52(44)69/h2-6,8-16,18-22,24-36,38H,7,17,23H2,1H3. The van der Waals surface area contributed by atoms with Crippen molar-refractivity contribution in [1.82, 2.24) is 18.3 Å². The van der Waals surface area contributed by atoms with Crippen molar-refractivity contribution in [2.24, 2.45) is 0 Å². The number of para-hydroxylation sites is 6. The van der Waals surface area contributed by atoms with Gasteiger partial charge in [0, 0.05) is 43.6 Å². The summed E-state index contributed by atoms with van der Waals surface area (Å²) in [6.07, 6.45) is 6.75. The molecule has 0 saturated carbocycles. The zero-order chi connectivity index (χ0) is 47.7. The van der Waals surface area contributed by atoms with Gasteiger partial charge in [-0.05, 0) is 103 Å². The van der Waals surface area contributed by atoms with Gasteiger partial charge in [-0.3, -0.25) is 0 Å². The Labute approximate surface area is 406 Å². The van der Waals surface area contributed by atoms with Crippen molar-refractivity contribution in [2.75, 3.05) is 0 Å². The second-order valence-electron chi connectivity index (χ2n) is 18.9. The lowest BCUT2D eigenvalue weighted by Gasteiger charge is -2.30. The zero-order valence-electron chi connectivity index (χ0n) is 38.5. The molecule has 2 aliphatic rings. The summed E-state index contributed by atoms with van der Waals surface area (Å²) >= 11 is 0. The van der Waals surface area contributed by atoms with Crippen LogP contribution in [0.25, 0.3) is 111 Å². The van der Waals surface area contributed by atoms with E-state index < -0.39 is 11.7 Å². The number of allylic oxidation sites excluding steroid dienone is 2. The van der Waals surface area contributed by atoms with Crippen molar-refractivity contribution in [1.29, 1.82) is 5.26 Å². The van der Waals surface area contributed by atoms with Crippen molar-refractivity contribution in [3.05, 3.63) is 216 Å². The maximum atomic E-state index is 14.8. The Hall–Kier alpha value is -8.80. The first-order chi connectivity index (χ1) is 34.8. The molecule has 1 atom stereocenters. The number of benzene rings is 8. The van der Waals surface area contributed by atoms with Crippen LogP contribution in [0.15, 0.2) is 182 Å². The number of aromatic nitrogens is 4. The predicted octanol–water partition coefficient (Wildman–Crippen LogP) is 16.8. The molecule has 0 fully saturated rings. The number of nitrogens with zero attached hydrogens (tertiary/aromatic N) is 5. The Morgan fingerprint density at radius 3 is 1.39 bits per heavy atom. The Morgan fingerprint density at radius 1 is 0.479 bits per heavy atom. The van der Waals surface area contributed by atoms with Crippen LogP contribution in [0.2, 0.25) is 0 Å². The number of hydrogen-bond acceptors (Lipinski definition) is 1. The Balaban J connectivity index is 1.34. The highest BCUT2D eigenvalue weighted by Gasteiger charge is 2.37. The molecule has 1 unspecified atom stereocenters. The lowest BCUT2D eigenvalue weighted by atomic mass is 9.90. The largest absolute Gasteiger partial charge is 0.416 e. The van der Waals surface area contributed by atoms with Gasteiger partial charge in [0.25, 0.3) is 0 Å². The van der Waals surface area contributed by atoms with Crippen LogP contribution in [0.3, 0.4) is 0 Å². The van der Waals surface area contributed by atoms with Gasteiger partial charge in [0.15, 0.2) is 0 Å². The minimum absolute atomic E-state index is 0.157. The fourth-order valence-corrected chi connectivity index (χ4v) is 12.2. The van der Waals surface area contributed by atoms with E-state index in [4.69, 9.17) is 0 Å². The lowest BCUT2D eigenvalue weighted by Crippen LogP contribution is -2.18. The van der Waals surface area contributed by atoms with Crippen LogP contribution >= 0.6 is 0 Å². The first-order valence-corrected chi connectivity index (χ1v) is 24.2. The van der Waals surface area contributed by atoms with Crippen LogP contribution < -0.4 is 0 Å². The Morgan fingerprint density at radius 2 is 0.901 bits per heavy atom. The topological polar surface area (TPSA) is 43.5 Å². The summed E-state index contributed by atoms with van der Waals surface area (Å²) in [6, 6.07) is 58.7. The molecule has 0 radical (unpaired) electrons. The summed E-state index contributed by atoms with van der Waals surface area (Å²) < 4.78 is 53.6. The van der Waals surface area contributed by atoms with Crippen LogP contribution in [-0.2, 0) is 12.6 Å². The highest BCUT2D eigenvalue weighted by Crippen LogP contribution is 2.53. The molecular weight excluding hydrogens is 884 g/mol. The molecule has 4 aromatic heterocycles. The minimum Gasteiger partial charge on any atom is -0.307 e. The predicted molar refractivity (Wildman–Crippen MR) is 283 cm³/mol. The molecular formula is C63H42F3N5. The average molecular weight is 926 g/mol. The number of alkyl halides is 3. The first-order valence-electron chi connectivity index (χ1n) is 24.2. The maximum Gasteiger partial charge on any atom is 0.416 e. The van der Waals surface area contributed by atoms with E-state index in [9.17, 15) is 18.4 Å². The number of halogens is 3. The zero-order valence-corrected chi connectivity index (χ0v) is 38.5. The highest BCUT2D eigenvalue weighted by molar-refractivity contribution is 6.14. The molecule has 0 saturated heterocycles. The highest BCUT2D eigenvalue weighted by atomic mass is 19.4. The summed E-state index contributed by atoms with van der Waals surface area (Å²) in [5.74, 6) is 0.157. The van der Waals surface area contributed by atoms with Gasteiger partial charge >= 0.3 is 6.18 Å². The average Bonchev–Trinajstić information content (AvgIpc) is 4.14. The minimum atomic E-state index is -4.58. The van der Waals surface area contributed by atoms with Crippen LogP contribution in [0.1, 0.15) is 59.3 Å². The molecule has 8 aromatic carbocycles. The van der Waals surface area contributed by atoms with E-state index >= 15 is 0 Å². The molecule has 4 heterocycles. The SMILES string of the molecule is CC1CC=Cc2c1c1ccccc1n2-c1c(-c2ccc(C(F)(F)F)cc2)c(-n2c3c(c4ccccc42)CCC=C3)c(-n2c3ccccc3c3ccccc32)c(C#N)c1-n1c2ccccc2c2ccccc21. The van der Waals surface area contributed by atoms with E-state index in [-0.39, 0.29) is 5.92 Å². The summed E-state index contributed by atoms with van der Waals surface area (Å²) in [4.78, 5) is 0. The number of nitriles is 1. The molecule has 14 rings (SSSR count). The molecule has 8 heteroatoms. The van der Waals surface area contributed by atoms with Crippen molar-refractivity contribution in [2.45, 2.75) is 38.3 Å². The second kappa shape index (κ2) is 15.4. The molecule has 0 bridgehead atoms. The van der Waals surface area contributed by atoms with Crippen LogP contribution in [-0.4, -0.2) is 18.3 Å². The van der Waals surface area contributed by atoms with Gasteiger partial charge in [-0.1, -0.05) is 140 Å². The van der Waals surface area contributed by atoms with Gasteiger partial charge in [-0.25, -0.2) is 0 Å². The van der Waals surface area contributed by atoms with E-state index in [1.807, 2.05) is 54.6 Å². The Kier molecular flexibility index (Phi) is 8.91. The quantitative estimate of drug-likeness (QED) is 0.170. The van der Waals surface area contributed by atoms with Gasteiger partial charge in [0.05, 0.1) is 67.1 Å². The smallest absolute Gasteiger partial charge is 0.307 e. The van der Waals surface area contributed by atoms with E-state index in [0.29, 0.717) is 39.4 Å². The molecule has 71 heavy (non-hydrogen) atoms. The number of aryl methyl sites for hydroxylation is 1. The fourth-order valence-electron chi connectivity index (χ4n) is 12.2. The lowest BCUT2D eigenvalue weighted by molar-refractivity contribution is -0.137. The summed E-state index contributed by atoms with van der Waals surface area (Å²) in [5.41, 5.74) is 13.3. The normalized spacial score (nSPS) is 14.6. The van der Waals surface area contributed by atoms with Gasteiger partial charge in [-0.15, -0.1) is 0 Å². The molecule has 5 nitrogen and oxygen atoms in total. The molecule has 0 N–H and O–H groups in total. The van der Waals surface area contributed by atoms with Gasteiger partial charge in [-0.2, -0.15) is 18.4 Å². The van der Waals surface area contributed by atoms with E-state index in [2.05, 4.69) is 147 Å². The number of rotatable bonds is 5. The van der Waals surface area contributed by atoms with Crippen molar-refractivity contribution >= 4 is 77.6 Å². The van der Waals surface area contributed by atoms with E-state index in [0.717, 1.165) is 96.1 Å². The van der Waals surface area contributed by atoms with E-state index in [1.165, 1.54) is 23.3 Å². The third-order valence-electron chi connectivity index (χ3n) is 15.1. The summed E-state index contributed by atoms with van der Waals surface area (Å²) in [7, 11) is 0. The maximum absolute atomic E-state index is 14.8. The van der Waals surface area contributed by atoms with Crippen molar-refractivity contribution < 1.29 is 13.2 Å². The van der Waals surface area contributed by atoms with Crippen molar-refractivity contribution in [3.8, 4) is 39.9 Å². The Bertz CT molecular complexity index is 4230.